The summed E-state index contributed by atoms with van der Waals surface area (Å²) in [4.78, 5) is 24.0. The summed E-state index contributed by atoms with van der Waals surface area (Å²) < 4.78 is 10.4. The summed E-state index contributed by atoms with van der Waals surface area (Å²) in [5, 5.41) is 6.77. The average molecular weight is 335 g/mol. The molecule has 0 saturated carbocycles. The minimum atomic E-state index is -0.388. The zero-order valence-corrected chi connectivity index (χ0v) is 13.4. The number of rotatable bonds is 4. The number of aromatic nitrogens is 1. The molecule has 0 unspecified atom stereocenters. The Hall–Kier alpha value is -2.34. The van der Waals surface area contributed by atoms with Gasteiger partial charge >= 0.3 is 0 Å². The van der Waals surface area contributed by atoms with Crippen LogP contribution in [0.15, 0.2) is 22.7 Å². The summed E-state index contributed by atoms with van der Waals surface area (Å²) in [5.41, 5.74) is 1.27. The molecule has 1 atom stereocenters. The van der Waals surface area contributed by atoms with E-state index in [1.807, 2.05) is 6.92 Å². The Balaban J connectivity index is 1.72. The summed E-state index contributed by atoms with van der Waals surface area (Å²) in [6.45, 7) is 3.43. The number of hydrogen-bond donors (Lipinski definition) is 1. The number of hydrogen-bond acceptors (Lipinski definition) is 5. The highest BCUT2D eigenvalue weighted by Gasteiger charge is 2.31. The van der Waals surface area contributed by atoms with Gasteiger partial charge in [0.1, 0.15) is 11.5 Å². The smallest absolute Gasteiger partial charge is 0.263 e. The standard InChI is InChI=1S/C16H15ClN2O4/c1-8-5-11(20)16-12(4-3-10(17)15(8)16)22-7-14(21)18-13-6-9(2)23-19-13/h3-4,6,8H,5,7H2,1-2H3,(H,18,19,21)/t8-/m0/s1. The van der Waals surface area contributed by atoms with Gasteiger partial charge in [-0.3, -0.25) is 9.59 Å². The first-order chi connectivity index (χ1) is 11.0. The van der Waals surface area contributed by atoms with Crippen LogP contribution in [0.25, 0.3) is 0 Å². The Kier molecular flexibility index (Phi) is 4.09. The Labute approximate surface area is 137 Å². The second-order valence-electron chi connectivity index (χ2n) is 5.52. The largest absolute Gasteiger partial charge is 0.483 e. The third-order valence-corrected chi connectivity index (χ3v) is 4.00. The third-order valence-electron chi connectivity index (χ3n) is 3.67. The van der Waals surface area contributed by atoms with E-state index in [0.717, 1.165) is 5.56 Å². The highest BCUT2D eigenvalue weighted by atomic mass is 35.5. The number of ketones is 1. The van der Waals surface area contributed by atoms with Gasteiger partial charge in [-0.05, 0) is 30.5 Å². The Morgan fingerprint density at radius 1 is 1.52 bits per heavy atom. The van der Waals surface area contributed by atoms with Gasteiger partial charge in [0.2, 0.25) is 0 Å². The first-order valence-electron chi connectivity index (χ1n) is 7.17. The van der Waals surface area contributed by atoms with Crippen molar-refractivity contribution >= 4 is 29.1 Å². The molecule has 120 valence electrons. The van der Waals surface area contributed by atoms with Crippen molar-refractivity contribution in [2.24, 2.45) is 0 Å². The van der Waals surface area contributed by atoms with E-state index in [1.54, 1.807) is 25.1 Å². The van der Waals surface area contributed by atoms with Gasteiger partial charge in [-0.2, -0.15) is 0 Å². The molecule has 0 fully saturated rings. The van der Waals surface area contributed by atoms with E-state index >= 15 is 0 Å². The molecule has 0 aliphatic heterocycles. The number of carbonyl (C=O) groups excluding carboxylic acids is 2. The van der Waals surface area contributed by atoms with Crippen molar-refractivity contribution in [1.29, 1.82) is 0 Å². The molecule has 1 aliphatic carbocycles. The first-order valence-corrected chi connectivity index (χ1v) is 7.55. The number of fused-ring (bicyclic) bond motifs is 1. The summed E-state index contributed by atoms with van der Waals surface area (Å²) in [7, 11) is 0. The number of amides is 1. The van der Waals surface area contributed by atoms with Gasteiger partial charge in [-0.15, -0.1) is 0 Å². The van der Waals surface area contributed by atoms with Crippen molar-refractivity contribution < 1.29 is 18.8 Å². The van der Waals surface area contributed by atoms with E-state index in [2.05, 4.69) is 10.5 Å². The zero-order chi connectivity index (χ0) is 16.6. The molecule has 1 heterocycles. The number of ether oxygens (including phenoxy) is 1. The molecule has 1 aliphatic rings. The minimum absolute atomic E-state index is 0.0162. The number of aryl methyl sites for hydroxylation is 1. The van der Waals surface area contributed by atoms with Crippen LogP contribution in [0.2, 0.25) is 5.02 Å². The maximum absolute atomic E-state index is 12.1. The Morgan fingerprint density at radius 2 is 2.30 bits per heavy atom. The van der Waals surface area contributed by atoms with E-state index in [4.69, 9.17) is 20.9 Å². The van der Waals surface area contributed by atoms with Crippen LogP contribution < -0.4 is 10.1 Å². The quantitative estimate of drug-likeness (QED) is 0.927. The first kappa shape index (κ1) is 15.6. The fraction of sp³-hybridized carbons (Fsp3) is 0.312. The van der Waals surface area contributed by atoms with E-state index in [-0.39, 0.29) is 24.2 Å². The highest BCUT2D eigenvalue weighted by molar-refractivity contribution is 6.32. The molecule has 0 radical (unpaired) electrons. The summed E-state index contributed by atoms with van der Waals surface area (Å²) in [6, 6.07) is 4.90. The van der Waals surface area contributed by atoms with Gasteiger partial charge in [0.05, 0.1) is 5.56 Å². The number of Topliss-reactive ketones (excluding diaryl/α,β-unsaturated/α-hetero) is 1. The predicted octanol–water partition coefficient (Wildman–Crippen LogP) is 3.34. The molecule has 1 aromatic carbocycles. The molecular formula is C16H15ClN2O4. The van der Waals surface area contributed by atoms with E-state index in [0.29, 0.717) is 34.3 Å². The van der Waals surface area contributed by atoms with Crippen LogP contribution in [0.4, 0.5) is 5.82 Å². The van der Waals surface area contributed by atoms with E-state index in [1.165, 1.54) is 0 Å². The molecule has 0 bridgehead atoms. The summed E-state index contributed by atoms with van der Waals surface area (Å²) in [5.74, 6) is 0.946. The van der Waals surface area contributed by atoms with Crippen LogP contribution >= 0.6 is 11.6 Å². The van der Waals surface area contributed by atoms with Gasteiger partial charge in [-0.1, -0.05) is 23.7 Å². The van der Waals surface area contributed by atoms with Crippen molar-refractivity contribution in [3.05, 3.63) is 40.1 Å². The van der Waals surface area contributed by atoms with Crippen molar-refractivity contribution in [2.75, 3.05) is 11.9 Å². The van der Waals surface area contributed by atoms with Gasteiger partial charge < -0.3 is 14.6 Å². The van der Waals surface area contributed by atoms with Crippen molar-refractivity contribution in [3.63, 3.8) is 0 Å². The number of carbonyl (C=O) groups is 2. The highest BCUT2D eigenvalue weighted by Crippen LogP contribution is 2.42. The molecular weight excluding hydrogens is 320 g/mol. The van der Waals surface area contributed by atoms with Crippen LogP contribution in [0, 0.1) is 6.92 Å². The van der Waals surface area contributed by atoms with Crippen LogP contribution in [-0.2, 0) is 4.79 Å². The monoisotopic (exact) mass is 334 g/mol. The molecule has 2 aromatic rings. The molecule has 23 heavy (non-hydrogen) atoms. The van der Waals surface area contributed by atoms with Crippen LogP contribution in [-0.4, -0.2) is 23.5 Å². The number of benzene rings is 1. The summed E-state index contributed by atoms with van der Waals surface area (Å²) >= 11 is 6.17. The third kappa shape index (κ3) is 3.07. The molecule has 1 aromatic heterocycles. The number of anilines is 1. The molecule has 0 saturated heterocycles. The lowest BCUT2D eigenvalue weighted by molar-refractivity contribution is -0.118. The van der Waals surface area contributed by atoms with E-state index < -0.39 is 0 Å². The maximum Gasteiger partial charge on any atom is 0.263 e. The molecule has 6 nitrogen and oxygen atoms in total. The lowest BCUT2D eigenvalue weighted by Crippen LogP contribution is -2.21. The zero-order valence-electron chi connectivity index (χ0n) is 12.7. The average Bonchev–Trinajstić information content (AvgIpc) is 3.02. The minimum Gasteiger partial charge on any atom is -0.483 e. The molecule has 1 N–H and O–H groups in total. The van der Waals surface area contributed by atoms with Crippen LogP contribution in [0.5, 0.6) is 5.75 Å². The number of nitrogens with zero attached hydrogens (tertiary/aromatic N) is 1. The Morgan fingerprint density at radius 3 is 3.00 bits per heavy atom. The van der Waals surface area contributed by atoms with Crippen molar-refractivity contribution in [2.45, 2.75) is 26.2 Å². The van der Waals surface area contributed by atoms with Crippen LogP contribution in [0.1, 0.15) is 40.9 Å². The molecule has 0 spiro atoms. The maximum atomic E-state index is 12.1. The lowest BCUT2D eigenvalue weighted by atomic mass is 10.0. The van der Waals surface area contributed by atoms with Crippen LogP contribution in [0.3, 0.4) is 0 Å². The van der Waals surface area contributed by atoms with E-state index in [9.17, 15) is 9.59 Å². The normalized spacial score (nSPS) is 16.3. The van der Waals surface area contributed by atoms with Gasteiger partial charge in [0.25, 0.3) is 5.91 Å². The van der Waals surface area contributed by atoms with Gasteiger partial charge in [0, 0.05) is 17.5 Å². The van der Waals surface area contributed by atoms with Gasteiger partial charge in [0.15, 0.2) is 18.2 Å². The van der Waals surface area contributed by atoms with Crippen molar-refractivity contribution in [3.8, 4) is 5.75 Å². The second kappa shape index (κ2) is 6.04. The molecule has 1 amide bonds. The fourth-order valence-corrected chi connectivity index (χ4v) is 3.04. The fourth-order valence-electron chi connectivity index (χ4n) is 2.69. The number of nitrogens with one attached hydrogen (secondary N) is 1. The van der Waals surface area contributed by atoms with Crippen molar-refractivity contribution in [1.82, 2.24) is 5.16 Å². The molecule has 3 rings (SSSR count). The topological polar surface area (TPSA) is 81.4 Å². The Bertz CT molecular complexity index is 784. The lowest BCUT2D eigenvalue weighted by Gasteiger charge is -2.12. The predicted molar refractivity (Wildman–Crippen MR) is 84.2 cm³/mol. The van der Waals surface area contributed by atoms with Gasteiger partial charge in [-0.25, -0.2) is 0 Å². The SMILES string of the molecule is Cc1cc(NC(=O)COc2ccc(Cl)c3c2C(=O)C[C@@H]3C)no1. The molecule has 7 heteroatoms. The summed E-state index contributed by atoms with van der Waals surface area (Å²) in [6.07, 6.45) is 0.403. The number of halogens is 1. The second-order valence-corrected chi connectivity index (χ2v) is 5.93.